The number of fused-ring (bicyclic) bond motifs is 2. The molecule has 0 radical (unpaired) electrons. The van der Waals surface area contributed by atoms with Gasteiger partial charge in [0.1, 0.15) is 17.3 Å². The van der Waals surface area contributed by atoms with Gasteiger partial charge in [-0.15, -0.1) is 0 Å². The Bertz CT molecular complexity index is 1110. The van der Waals surface area contributed by atoms with Crippen molar-refractivity contribution in [3.05, 3.63) is 66.2 Å². The fourth-order valence-electron chi connectivity index (χ4n) is 3.57. The zero-order valence-corrected chi connectivity index (χ0v) is 14.5. The molecular formula is C18H16N6O3. The normalized spacial score (nSPS) is 16.5. The van der Waals surface area contributed by atoms with E-state index in [1.165, 1.54) is 12.6 Å². The number of hydrogen-bond acceptors (Lipinski definition) is 6. The number of carbonyl (C=O) groups is 1. The number of aromatic amines is 1. The van der Waals surface area contributed by atoms with Crippen molar-refractivity contribution in [2.45, 2.75) is 12.5 Å². The van der Waals surface area contributed by atoms with Gasteiger partial charge in [-0.3, -0.25) is 4.79 Å². The van der Waals surface area contributed by atoms with Gasteiger partial charge in [-0.1, -0.05) is 0 Å². The van der Waals surface area contributed by atoms with E-state index in [2.05, 4.69) is 20.1 Å². The van der Waals surface area contributed by atoms with Crippen LogP contribution >= 0.6 is 0 Å². The Morgan fingerprint density at radius 3 is 3.19 bits per heavy atom. The summed E-state index contributed by atoms with van der Waals surface area (Å²) in [5.41, 5.74) is 3.33. The molecule has 1 amide bonds. The number of ether oxygens (including phenoxy) is 1. The molecule has 0 saturated heterocycles. The summed E-state index contributed by atoms with van der Waals surface area (Å²) in [6, 6.07) is 5.23. The molecule has 5 heterocycles. The van der Waals surface area contributed by atoms with Crippen LogP contribution in [-0.2, 0) is 6.42 Å². The monoisotopic (exact) mass is 364 g/mol. The molecule has 0 unspecified atom stereocenters. The van der Waals surface area contributed by atoms with Gasteiger partial charge in [0.15, 0.2) is 6.39 Å². The summed E-state index contributed by atoms with van der Waals surface area (Å²) in [5, 5.41) is 4.68. The van der Waals surface area contributed by atoms with Crippen LogP contribution in [-0.4, -0.2) is 49.0 Å². The van der Waals surface area contributed by atoms with Crippen molar-refractivity contribution in [2.75, 3.05) is 13.7 Å². The van der Waals surface area contributed by atoms with E-state index in [1.807, 2.05) is 24.4 Å². The fourth-order valence-corrected chi connectivity index (χ4v) is 3.57. The molecule has 1 atom stereocenters. The minimum Gasteiger partial charge on any atom is -0.494 e. The van der Waals surface area contributed by atoms with E-state index < -0.39 is 6.04 Å². The average molecular weight is 364 g/mol. The smallest absolute Gasteiger partial charge is 0.292 e. The van der Waals surface area contributed by atoms with Gasteiger partial charge >= 0.3 is 0 Å². The summed E-state index contributed by atoms with van der Waals surface area (Å²) >= 11 is 0. The van der Waals surface area contributed by atoms with Crippen LogP contribution in [0.2, 0.25) is 0 Å². The minimum atomic E-state index is -0.429. The number of aromatic nitrogens is 5. The third-order valence-electron chi connectivity index (χ3n) is 4.81. The fraction of sp³-hybridized carbons (Fsp3) is 0.222. The quantitative estimate of drug-likeness (QED) is 0.595. The van der Waals surface area contributed by atoms with Crippen LogP contribution < -0.4 is 4.74 Å². The first kappa shape index (κ1) is 15.6. The molecule has 1 aliphatic rings. The second kappa shape index (κ2) is 5.97. The molecule has 0 fully saturated rings. The number of amides is 1. The molecule has 0 saturated carbocycles. The highest BCUT2D eigenvalue weighted by molar-refractivity contribution is 5.92. The Morgan fingerprint density at radius 1 is 1.44 bits per heavy atom. The summed E-state index contributed by atoms with van der Waals surface area (Å²) in [5.74, 6) is 0.665. The molecular weight excluding hydrogens is 348 g/mol. The molecule has 0 aliphatic carbocycles. The zero-order valence-electron chi connectivity index (χ0n) is 14.5. The van der Waals surface area contributed by atoms with Crippen LogP contribution in [0.4, 0.5) is 0 Å². The van der Waals surface area contributed by atoms with Crippen molar-refractivity contribution in [1.29, 1.82) is 0 Å². The van der Waals surface area contributed by atoms with Gasteiger partial charge in [-0.05, 0) is 18.2 Å². The highest BCUT2D eigenvalue weighted by Gasteiger charge is 2.37. The van der Waals surface area contributed by atoms with Gasteiger partial charge in [0.2, 0.25) is 5.76 Å². The van der Waals surface area contributed by atoms with E-state index in [9.17, 15) is 4.79 Å². The summed E-state index contributed by atoms with van der Waals surface area (Å²) in [6.07, 6.45) is 6.85. The minimum absolute atomic E-state index is 0.195. The van der Waals surface area contributed by atoms with E-state index in [-0.39, 0.29) is 11.7 Å². The lowest BCUT2D eigenvalue weighted by Gasteiger charge is -2.33. The highest BCUT2D eigenvalue weighted by Crippen LogP contribution is 2.35. The molecule has 0 spiro atoms. The average Bonchev–Trinajstić information content (AvgIpc) is 3.45. The van der Waals surface area contributed by atoms with E-state index in [1.54, 1.807) is 22.9 Å². The third-order valence-corrected chi connectivity index (χ3v) is 4.81. The lowest BCUT2D eigenvalue weighted by atomic mass is 9.99. The molecule has 9 nitrogen and oxygen atoms in total. The molecule has 4 aromatic rings. The molecule has 1 aliphatic heterocycles. The number of rotatable bonds is 3. The molecule has 136 valence electrons. The van der Waals surface area contributed by atoms with Crippen LogP contribution in [0.15, 0.2) is 47.7 Å². The largest absolute Gasteiger partial charge is 0.494 e. The first-order valence-corrected chi connectivity index (χ1v) is 8.50. The highest BCUT2D eigenvalue weighted by atomic mass is 16.5. The van der Waals surface area contributed by atoms with E-state index >= 15 is 0 Å². The molecule has 1 N–H and O–H groups in total. The Morgan fingerprint density at radius 2 is 2.37 bits per heavy atom. The van der Waals surface area contributed by atoms with Crippen molar-refractivity contribution >= 4 is 11.4 Å². The molecule has 5 rings (SSSR count). The van der Waals surface area contributed by atoms with Crippen LogP contribution in [0.3, 0.4) is 0 Å². The topological polar surface area (TPSA) is 102 Å². The number of nitrogens with one attached hydrogen (secondary N) is 1. The van der Waals surface area contributed by atoms with Gasteiger partial charge in [0, 0.05) is 24.9 Å². The number of H-pyrrole nitrogens is 1. The van der Waals surface area contributed by atoms with E-state index in [0.29, 0.717) is 24.4 Å². The summed E-state index contributed by atoms with van der Waals surface area (Å²) in [4.78, 5) is 26.2. The Hall–Kier alpha value is -3.62. The molecule has 0 aromatic carbocycles. The first-order valence-electron chi connectivity index (χ1n) is 8.50. The predicted molar refractivity (Wildman–Crippen MR) is 93.4 cm³/mol. The third kappa shape index (κ3) is 2.39. The van der Waals surface area contributed by atoms with Gasteiger partial charge in [0.25, 0.3) is 5.91 Å². The summed E-state index contributed by atoms with van der Waals surface area (Å²) < 4.78 is 12.4. The number of methoxy groups -OCH3 is 1. The van der Waals surface area contributed by atoms with E-state index in [0.717, 1.165) is 16.9 Å². The Balaban J connectivity index is 1.65. The van der Waals surface area contributed by atoms with Gasteiger partial charge in [-0.2, -0.15) is 5.10 Å². The maximum atomic E-state index is 13.0. The van der Waals surface area contributed by atoms with Gasteiger partial charge in [0.05, 0.1) is 31.0 Å². The molecule has 4 aromatic heterocycles. The first-order chi connectivity index (χ1) is 13.3. The van der Waals surface area contributed by atoms with Crippen LogP contribution in [0.25, 0.3) is 5.52 Å². The van der Waals surface area contributed by atoms with E-state index in [4.69, 9.17) is 9.15 Å². The summed E-state index contributed by atoms with van der Waals surface area (Å²) in [6.45, 7) is 0.518. The van der Waals surface area contributed by atoms with Crippen LogP contribution in [0.5, 0.6) is 5.75 Å². The lowest BCUT2D eigenvalue weighted by Crippen LogP contribution is -2.40. The van der Waals surface area contributed by atoms with Gasteiger partial charge in [-0.25, -0.2) is 14.5 Å². The predicted octanol–water partition coefficient (Wildman–Crippen LogP) is 1.84. The number of oxazole rings is 1. The van der Waals surface area contributed by atoms with Crippen molar-refractivity contribution in [2.24, 2.45) is 0 Å². The van der Waals surface area contributed by atoms with Crippen molar-refractivity contribution in [3.63, 3.8) is 0 Å². The summed E-state index contributed by atoms with van der Waals surface area (Å²) in [7, 11) is 1.62. The maximum Gasteiger partial charge on any atom is 0.292 e. The number of hydrogen-bond donors (Lipinski definition) is 1. The van der Waals surface area contributed by atoms with Crippen LogP contribution in [0.1, 0.15) is 33.7 Å². The van der Waals surface area contributed by atoms with Crippen LogP contribution in [0, 0.1) is 0 Å². The Labute approximate surface area is 153 Å². The molecule has 0 bridgehead atoms. The van der Waals surface area contributed by atoms with Crippen molar-refractivity contribution in [3.8, 4) is 5.75 Å². The molecule has 9 heteroatoms. The zero-order chi connectivity index (χ0) is 18.4. The van der Waals surface area contributed by atoms with Crippen molar-refractivity contribution < 1.29 is 13.9 Å². The number of carbonyl (C=O) groups excluding carboxylic acids is 1. The second-order valence-electron chi connectivity index (χ2n) is 6.26. The SMILES string of the molecule is COc1cccn2nc([C@@H]3c4nc[nH]c4CCN3C(=O)c3cnco3)cc12. The number of nitrogens with zero attached hydrogens (tertiary/aromatic N) is 5. The Kier molecular flexibility index (Phi) is 3.46. The number of imidazole rings is 1. The lowest BCUT2D eigenvalue weighted by molar-refractivity contribution is 0.0654. The number of pyridine rings is 1. The second-order valence-corrected chi connectivity index (χ2v) is 6.26. The van der Waals surface area contributed by atoms with Crippen molar-refractivity contribution in [1.82, 2.24) is 29.5 Å². The molecule has 27 heavy (non-hydrogen) atoms. The van der Waals surface area contributed by atoms with Gasteiger partial charge < -0.3 is 19.0 Å². The maximum absolute atomic E-state index is 13.0. The standard InChI is InChI=1S/C18H16N6O3/c1-26-14-3-2-5-24-13(14)7-12(22-24)17-16-11(20-9-21-16)4-6-23(17)18(25)15-8-19-10-27-15/h2-3,5,7-10,17H,4,6H2,1H3,(H,20,21)/t17-/m1/s1.